The molecule has 1 unspecified atom stereocenters. The average molecular weight is 868 g/mol. The van der Waals surface area contributed by atoms with E-state index < -0.39 is 26.5 Å². The summed E-state index contributed by atoms with van der Waals surface area (Å²) in [5.74, 6) is -0.617. The van der Waals surface area contributed by atoms with E-state index in [0.717, 1.165) is 57.8 Å². The molecule has 3 fully saturated rings. The Kier molecular flexibility index (Phi) is 18.5. The van der Waals surface area contributed by atoms with Crippen LogP contribution >= 0.6 is 0 Å². The minimum Gasteiger partial charge on any atom is -0.491 e. The number of rotatable bonds is 23. The van der Waals surface area contributed by atoms with Gasteiger partial charge in [0.25, 0.3) is 0 Å². The highest BCUT2D eigenvalue weighted by Crippen LogP contribution is 2.39. The Morgan fingerprint density at radius 2 is 1.28 bits per heavy atom. The van der Waals surface area contributed by atoms with Gasteiger partial charge < -0.3 is 19.4 Å². The molecule has 334 valence electrons. The minimum atomic E-state index is -4.18. The molecule has 9 nitrogen and oxygen atoms in total. The molecule has 1 aromatic heterocycles. The predicted octanol–water partition coefficient (Wildman–Crippen LogP) is 9.87. The summed E-state index contributed by atoms with van der Waals surface area (Å²) in [5, 5.41) is 0.653. The van der Waals surface area contributed by atoms with Crippen molar-refractivity contribution in [1.29, 1.82) is 0 Å². The zero-order chi connectivity index (χ0) is 42.3. The molecule has 0 aliphatic carbocycles. The number of likely N-dealkylation sites (tertiary alicyclic amines) is 1. The van der Waals surface area contributed by atoms with E-state index in [1.807, 2.05) is 12.1 Å². The van der Waals surface area contributed by atoms with Gasteiger partial charge in [0, 0.05) is 84.9 Å². The maximum Gasteiger partial charge on any atom is 0.210 e. The van der Waals surface area contributed by atoms with Gasteiger partial charge in [-0.1, -0.05) is 97.3 Å². The van der Waals surface area contributed by atoms with Gasteiger partial charge in [-0.3, -0.25) is 14.1 Å². The van der Waals surface area contributed by atoms with Crippen molar-refractivity contribution < 1.29 is 21.8 Å². The number of piperazine rings is 1. The number of aromatic nitrogens is 1. The molecule has 1 atom stereocenters. The zero-order valence-corrected chi connectivity index (χ0v) is 38.7. The lowest BCUT2D eigenvalue weighted by Crippen LogP contribution is -2.55. The fraction of sp³-hybridized carbons (Fsp3) is 0.688. The van der Waals surface area contributed by atoms with Crippen molar-refractivity contribution in [3.63, 3.8) is 0 Å². The number of likely N-dealkylation sites (N-methyl/N-ethyl adjacent to an activating group) is 1. The van der Waals surface area contributed by atoms with E-state index in [1.165, 1.54) is 128 Å². The second kappa shape index (κ2) is 23.7. The number of nitrogens with zero attached hydrogens (tertiary/aromatic N) is 5. The molecule has 0 saturated carbocycles. The third kappa shape index (κ3) is 12.7. The maximum atomic E-state index is 15.5. The summed E-state index contributed by atoms with van der Waals surface area (Å²) in [4.78, 5) is 15.2. The molecule has 3 saturated heterocycles. The maximum absolute atomic E-state index is 15.5. The summed E-state index contributed by atoms with van der Waals surface area (Å²) < 4.78 is 63.0. The molecule has 0 N–H and O–H groups in total. The van der Waals surface area contributed by atoms with Gasteiger partial charge in [0.05, 0.1) is 22.7 Å². The third-order valence-electron chi connectivity index (χ3n) is 13.5. The summed E-state index contributed by atoms with van der Waals surface area (Å²) in [6.45, 7) is 14.3. The first-order valence-electron chi connectivity index (χ1n) is 23.6. The van der Waals surface area contributed by atoms with Crippen LogP contribution in [-0.4, -0.2) is 116 Å². The number of ether oxygens (including phenoxy) is 1. The van der Waals surface area contributed by atoms with Crippen molar-refractivity contribution in [1.82, 2.24) is 19.7 Å². The first kappa shape index (κ1) is 46.9. The SMILES string of the molecule is CCCCCCCCCCCCCCCCOc1ccc(S(=O)(=O)c2cnc3ccc(S(C)=O)cc3c2N2CCC(N3CCC(N4CCN(CC)CC4)CC3)CC2)cc1F. The molecule has 12 heteroatoms. The lowest BCUT2D eigenvalue weighted by molar-refractivity contribution is 0.0449. The Bertz CT molecular complexity index is 1910. The second-order valence-electron chi connectivity index (χ2n) is 17.6. The molecular formula is C48H74FN5O4S2. The molecule has 4 heterocycles. The lowest BCUT2D eigenvalue weighted by Gasteiger charge is -2.46. The summed E-state index contributed by atoms with van der Waals surface area (Å²) in [7, 11) is -5.45. The van der Waals surface area contributed by atoms with Gasteiger partial charge in [0.1, 0.15) is 4.90 Å². The van der Waals surface area contributed by atoms with Gasteiger partial charge in [-0.25, -0.2) is 12.8 Å². The highest BCUT2D eigenvalue weighted by Gasteiger charge is 2.34. The van der Waals surface area contributed by atoms with Gasteiger partial charge in [-0.2, -0.15) is 0 Å². The summed E-state index contributed by atoms with van der Waals surface area (Å²) in [6.07, 6.45) is 24.9. The smallest absolute Gasteiger partial charge is 0.210 e. The van der Waals surface area contributed by atoms with Gasteiger partial charge in [-0.05, 0) is 88.1 Å². The van der Waals surface area contributed by atoms with Crippen LogP contribution in [-0.2, 0) is 20.6 Å². The van der Waals surface area contributed by atoms with Crippen LogP contribution in [0.3, 0.4) is 0 Å². The molecule has 0 radical (unpaired) electrons. The van der Waals surface area contributed by atoms with Crippen molar-refractivity contribution in [2.75, 3.05) is 76.7 Å². The van der Waals surface area contributed by atoms with Crippen molar-refractivity contribution in [3.05, 3.63) is 48.4 Å². The molecular weight excluding hydrogens is 794 g/mol. The van der Waals surface area contributed by atoms with Crippen LogP contribution < -0.4 is 9.64 Å². The van der Waals surface area contributed by atoms with E-state index in [9.17, 15) is 12.6 Å². The third-order valence-corrected chi connectivity index (χ3v) is 16.2. The minimum absolute atomic E-state index is 0.0481. The summed E-state index contributed by atoms with van der Waals surface area (Å²) in [5.41, 5.74) is 1.20. The Morgan fingerprint density at radius 3 is 1.85 bits per heavy atom. The number of anilines is 1. The van der Waals surface area contributed by atoms with E-state index in [1.54, 1.807) is 12.3 Å². The number of hydrogen-bond acceptors (Lipinski definition) is 9. The Labute approximate surface area is 364 Å². The number of sulfone groups is 1. The van der Waals surface area contributed by atoms with Crippen LogP contribution in [0.4, 0.5) is 10.1 Å². The number of benzene rings is 2. The highest BCUT2D eigenvalue weighted by molar-refractivity contribution is 7.91. The van der Waals surface area contributed by atoms with Crippen LogP contribution in [0, 0.1) is 5.82 Å². The van der Waals surface area contributed by atoms with E-state index in [0.29, 0.717) is 53.3 Å². The van der Waals surface area contributed by atoms with Crippen molar-refractivity contribution in [2.24, 2.45) is 0 Å². The molecule has 3 aliphatic rings. The lowest BCUT2D eigenvalue weighted by atomic mass is 9.96. The molecule has 3 aliphatic heterocycles. The average Bonchev–Trinajstić information content (AvgIpc) is 3.27. The Hall–Kier alpha value is -2.64. The largest absolute Gasteiger partial charge is 0.491 e. The van der Waals surface area contributed by atoms with Crippen LogP contribution in [0.1, 0.15) is 129 Å². The van der Waals surface area contributed by atoms with Crippen LogP contribution in [0.15, 0.2) is 57.3 Å². The first-order chi connectivity index (χ1) is 29.2. The highest BCUT2D eigenvalue weighted by atomic mass is 32.2. The van der Waals surface area contributed by atoms with E-state index in [-0.39, 0.29) is 15.5 Å². The number of piperidine rings is 2. The molecule has 6 rings (SSSR count). The Morgan fingerprint density at radius 1 is 0.717 bits per heavy atom. The topological polar surface area (TPSA) is 86.3 Å². The van der Waals surface area contributed by atoms with Gasteiger partial charge in [0.15, 0.2) is 11.6 Å². The zero-order valence-electron chi connectivity index (χ0n) is 37.1. The number of fused-ring (bicyclic) bond motifs is 1. The van der Waals surface area contributed by atoms with Crippen LogP contribution in [0.2, 0.25) is 0 Å². The normalized spacial score (nSPS) is 18.7. The molecule has 0 bridgehead atoms. The number of unbranched alkanes of at least 4 members (excludes halogenated alkanes) is 13. The summed E-state index contributed by atoms with van der Waals surface area (Å²) in [6, 6.07) is 10.5. The second-order valence-corrected chi connectivity index (χ2v) is 20.9. The van der Waals surface area contributed by atoms with Crippen molar-refractivity contribution in [3.8, 4) is 5.75 Å². The number of pyridine rings is 1. The van der Waals surface area contributed by atoms with Crippen LogP contribution in [0.5, 0.6) is 5.75 Å². The van der Waals surface area contributed by atoms with Crippen molar-refractivity contribution >= 4 is 37.2 Å². The van der Waals surface area contributed by atoms with Gasteiger partial charge >= 0.3 is 0 Å². The van der Waals surface area contributed by atoms with E-state index in [4.69, 9.17) is 4.74 Å². The molecule has 0 spiro atoms. The van der Waals surface area contributed by atoms with Gasteiger partial charge in [0.2, 0.25) is 9.84 Å². The quantitative estimate of drug-likeness (QED) is 0.0866. The van der Waals surface area contributed by atoms with Crippen molar-refractivity contribution in [2.45, 2.75) is 156 Å². The molecule has 3 aromatic rings. The fourth-order valence-electron chi connectivity index (χ4n) is 9.73. The number of hydrogen-bond donors (Lipinski definition) is 0. The molecule has 60 heavy (non-hydrogen) atoms. The predicted molar refractivity (Wildman–Crippen MR) is 245 cm³/mol. The number of halogens is 1. The van der Waals surface area contributed by atoms with E-state index in [2.05, 4.69) is 38.4 Å². The fourth-order valence-corrected chi connectivity index (χ4v) is 11.7. The molecule has 2 aromatic carbocycles. The molecule has 0 amide bonds. The van der Waals surface area contributed by atoms with Crippen LogP contribution in [0.25, 0.3) is 10.9 Å². The van der Waals surface area contributed by atoms with Gasteiger partial charge in [-0.15, -0.1) is 0 Å². The standard InChI is InChI=1S/C48H74FN5O4S2/c1-4-6-7-8-9-10-11-12-13-14-15-16-17-18-35-58-46-22-20-42(37-44(46)49)60(56,57)47-38-50-45-21-19-41(59(3)55)36-43(45)48(47)54-29-25-39(26-30-54)52-27-23-40(24-28-52)53-33-31-51(5-2)32-34-53/h19-22,36-40H,4-18,23-35H2,1-3H3. The van der Waals surface area contributed by atoms with E-state index >= 15 is 4.39 Å². The summed E-state index contributed by atoms with van der Waals surface area (Å²) >= 11 is 0. The monoisotopic (exact) mass is 868 g/mol. The first-order valence-corrected chi connectivity index (χ1v) is 26.6. The Balaban J connectivity index is 1.03.